The van der Waals surface area contributed by atoms with Crippen LogP contribution >= 0.6 is 0 Å². The normalized spacial score (nSPS) is 31.7. The van der Waals surface area contributed by atoms with E-state index in [-0.39, 0.29) is 108 Å². The van der Waals surface area contributed by atoms with E-state index in [1.165, 1.54) is 11.1 Å². The second-order valence-electron chi connectivity index (χ2n) is 23.8. The molecule has 2 amide bonds. The van der Waals surface area contributed by atoms with Crippen molar-refractivity contribution in [3.8, 4) is 0 Å². The zero-order chi connectivity index (χ0) is 54.7. The van der Waals surface area contributed by atoms with Gasteiger partial charge in [0.1, 0.15) is 36.6 Å². The van der Waals surface area contributed by atoms with Crippen LogP contribution in [0.3, 0.4) is 0 Å². The maximum absolute atomic E-state index is 12.9. The van der Waals surface area contributed by atoms with E-state index in [4.69, 9.17) is 28.4 Å². The third kappa shape index (κ3) is 18.5. The van der Waals surface area contributed by atoms with Crippen LogP contribution in [0.5, 0.6) is 0 Å². The van der Waals surface area contributed by atoms with Crippen LogP contribution < -0.4 is 10.6 Å². The number of carbonyl (C=O) groups excluding carboxylic acids is 6. The molecule has 6 aliphatic rings. The van der Waals surface area contributed by atoms with Crippen molar-refractivity contribution >= 4 is 36.1 Å². The van der Waals surface area contributed by atoms with E-state index in [0.717, 1.165) is 103 Å². The molecule has 6 rings (SSSR count). The van der Waals surface area contributed by atoms with Crippen molar-refractivity contribution in [2.45, 2.75) is 233 Å². The molecule has 2 saturated heterocycles. The molecule has 0 bridgehead atoms. The van der Waals surface area contributed by atoms with Gasteiger partial charge in [-0.05, 0) is 111 Å². The minimum atomic E-state index is -0.523. The number of hydrogen-bond acceptors (Lipinski definition) is 12. The van der Waals surface area contributed by atoms with Gasteiger partial charge in [0.25, 0.3) is 0 Å². The number of hydrogen-bond donors (Lipinski definition) is 2. The molecule has 0 aromatic heterocycles. The molecule has 76 heavy (non-hydrogen) atoms. The van der Waals surface area contributed by atoms with Gasteiger partial charge in [0, 0.05) is 37.8 Å². The number of allylic oxidation sites excluding steroid dienone is 6. The molecule has 16 unspecified atom stereocenters. The molecule has 0 aromatic carbocycles. The van der Waals surface area contributed by atoms with Gasteiger partial charge in [-0.2, -0.15) is 0 Å². The van der Waals surface area contributed by atoms with Gasteiger partial charge in [0.15, 0.2) is 0 Å². The Kier molecular flexibility index (Phi) is 24.3. The molecule has 14 heteroatoms. The number of ether oxygens (including phenoxy) is 6. The molecule has 4 aliphatic carbocycles. The first kappa shape index (κ1) is 60.6. The first-order valence-electron chi connectivity index (χ1n) is 30.0. The molecular formula is C62H96N2O12. The first-order valence-corrected chi connectivity index (χ1v) is 30.0. The number of amides is 2. The summed E-state index contributed by atoms with van der Waals surface area (Å²) >= 11 is 0. The predicted octanol–water partition coefficient (Wildman–Crippen LogP) is 12.8. The number of cyclic esters (lactones) is 2. The number of nitrogens with one attached hydrogen (secondary N) is 2. The second-order valence-corrected chi connectivity index (χ2v) is 23.8. The largest absolute Gasteiger partial charge is 0.462 e. The Labute approximate surface area is 455 Å². The summed E-state index contributed by atoms with van der Waals surface area (Å²) in [6, 6.07) is 0. The number of carbonyl (C=O) groups is 6. The van der Waals surface area contributed by atoms with E-state index >= 15 is 0 Å². The minimum Gasteiger partial charge on any atom is -0.462 e. The lowest BCUT2D eigenvalue weighted by atomic mass is 9.65. The van der Waals surface area contributed by atoms with Gasteiger partial charge >= 0.3 is 36.1 Å². The lowest BCUT2D eigenvalue weighted by Gasteiger charge is -2.43. The highest BCUT2D eigenvalue weighted by Gasteiger charge is 2.44. The highest BCUT2D eigenvalue weighted by atomic mass is 16.6. The number of alkyl carbamates (subject to hydrolysis) is 2. The van der Waals surface area contributed by atoms with E-state index in [1.54, 1.807) is 0 Å². The van der Waals surface area contributed by atoms with Gasteiger partial charge in [-0.25, -0.2) is 9.59 Å². The number of unbranched alkanes of at least 4 members (excludes halogenated alkanes) is 9. The topological polar surface area (TPSA) is 182 Å². The van der Waals surface area contributed by atoms with Gasteiger partial charge in [-0.3, -0.25) is 19.2 Å². The van der Waals surface area contributed by atoms with E-state index in [9.17, 15) is 28.8 Å². The summed E-state index contributed by atoms with van der Waals surface area (Å²) in [7, 11) is 0. The van der Waals surface area contributed by atoms with Gasteiger partial charge < -0.3 is 39.1 Å². The number of fused-ring (bicyclic) bond motifs is 2. The maximum Gasteiger partial charge on any atom is 0.407 e. The predicted molar refractivity (Wildman–Crippen MR) is 292 cm³/mol. The fraction of sp³-hybridized carbons (Fsp3) is 0.774. The highest BCUT2D eigenvalue weighted by Crippen LogP contribution is 2.47. The van der Waals surface area contributed by atoms with E-state index in [2.05, 4.69) is 74.8 Å². The van der Waals surface area contributed by atoms with E-state index < -0.39 is 24.4 Å². The van der Waals surface area contributed by atoms with Crippen LogP contribution in [0, 0.1) is 59.2 Å². The fourth-order valence-electron chi connectivity index (χ4n) is 12.7. The summed E-state index contributed by atoms with van der Waals surface area (Å²) in [5.74, 6) is 0.670. The molecule has 0 aromatic rings. The van der Waals surface area contributed by atoms with Crippen LogP contribution in [0.25, 0.3) is 0 Å². The molecule has 14 nitrogen and oxygen atoms in total. The number of esters is 4. The molecule has 16 atom stereocenters. The molecule has 0 saturated carbocycles. The Morgan fingerprint density at radius 1 is 0.539 bits per heavy atom. The summed E-state index contributed by atoms with van der Waals surface area (Å²) in [6.07, 6.45) is 28.1. The molecule has 2 fully saturated rings. The van der Waals surface area contributed by atoms with Crippen LogP contribution in [0.2, 0.25) is 0 Å². The van der Waals surface area contributed by atoms with Crippen LogP contribution in [0.15, 0.2) is 47.6 Å². The van der Waals surface area contributed by atoms with Crippen molar-refractivity contribution in [3.63, 3.8) is 0 Å². The van der Waals surface area contributed by atoms with Gasteiger partial charge in [-0.1, -0.05) is 143 Å². The lowest BCUT2D eigenvalue weighted by Crippen LogP contribution is -2.42. The SMILES string of the molecule is CCC(C)C(=O)OC1CC(C)C=C2C=CC(C)C(CCC3CC(OC(=O)NCCCCCCCCCCCCNC(=O)OC4CC(=O)OC(CCC5C(C)C=CC6=CC(C)CC(OC(=O)C(C)CC)C65)C4)CC(=O)O3)C21. The van der Waals surface area contributed by atoms with Gasteiger partial charge in [0.05, 0.1) is 24.7 Å². The zero-order valence-corrected chi connectivity index (χ0v) is 47.6. The van der Waals surface area contributed by atoms with Crippen molar-refractivity contribution < 1.29 is 57.2 Å². The fourth-order valence-corrected chi connectivity index (χ4v) is 12.7. The Morgan fingerprint density at radius 3 is 1.28 bits per heavy atom. The highest BCUT2D eigenvalue weighted by molar-refractivity contribution is 5.74. The van der Waals surface area contributed by atoms with E-state index in [0.29, 0.717) is 50.6 Å². The maximum atomic E-state index is 12.9. The molecule has 0 radical (unpaired) electrons. The summed E-state index contributed by atoms with van der Waals surface area (Å²) < 4.78 is 35.4. The first-order chi connectivity index (χ1) is 36.5. The molecule has 0 spiro atoms. The summed E-state index contributed by atoms with van der Waals surface area (Å²) in [6.45, 7) is 17.7. The van der Waals surface area contributed by atoms with Crippen LogP contribution in [0.4, 0.5) is 9.59 Å². The Hall–Kier alpha value is -4.62. The standard InChI is InChI=1S/C62H96N2O12/c1-9-41(5)59(67)75-53-33-39(3)31-45-23-21-43(7)51(57(45)53)27-25-47-35-49(37-55(65)71-47)73-61(69)63-29-19-17-15-13-11-12-14-16-18-20-30-64-62(70)74-50-36-48(72-56(66)38-50)26-28-52-44(8)22-24-46-32-40(4)34-54(58(46)52)76-60(68)42(6)10-2/h21-24,31-32,39-44,47-54,57-58H,9-20,25-30,33-38H2,1-8H3,(H,63,69)(H,64,70). The van der Waals surface area contributed by atoms with Crippen LogP contribution in [-0.4, -0.2) is 85.8 Å². The minimum absolute atomic E-state index is 0.0586. The quantitative estimate of drug-likeness (QED) is 0.0452. The molecule has 2 aliphatic heterocycles. The van der Waals surface area contributed by atoms with Crippen molar-refractivity contribution in [3.05, 3.63) is 47.6 Å². The van der Waals surface area contributed by atoms with Crippen LogP contribution in [-0.2, 0) is 47.6 Å². The summed E-state index contributed by atoms with van der Waals surface area (Å²) in [5.41, 5.74) is 2.47. The third-order valence-electron chi connectivity index (χ3n) is 17.5. The Bertz CT molecular complexity index is 1910. The van der Waals surface area contributed by atoms with Crippen molar-refractivity contribution in [2.24, 2.45) is 59.2 Å². The average molecular weight is 1060 g/mol. The average Bonchev–Trinajstić information content (AvgIpc) is 3.37. The van der Waals surface area contributed by atoms with Crippen molar-refractivity contribution in [1.82, 2.24) is 10.6 Å². The van der Waals surface area contributed by atoms with Gasteiger partial charge in [0.2, 0.25) is 0 Å². The molecule has 2 N–H and O–H groups in total. The van der Waals surface area contributed by atoms with Gasteiger partial charge in [-0.15, -0.1) is 0 Å². The monoisotopic (exact) mass is 1060 g/mol. The zero-order valence-electron chi connectivity index (χ0n) is 47.6. The van der Waals surface area contributed by atoms with Crippen LogP contribution in [0.1, 0.15) is 197 Å². The summed E-state index contributed by atoms with van der Waals surface area (Å²) in [4.78, 5) is 76.6. The number of rotatable bonds is 27. The van der Waals surface area contributed by atoms with Crippen molar-refractivity contribution in [2.75, 3.05) is 13.1 Å². The van der Waals surface area contributed by atoms with Crippen molar-refractivity contribution in [1.29, 1.82) is 0 Å². The summed E-state index contributed by atoms with van der Waals surface area (Å²) in [5, 5.41) is 5.76. The molecule has 2 heterocycles. The smallest absolute Gasteiger partial charge is 0.407 e. The molecular weight excluding hydrogens is 965 g/mol. The third-order valence-corrected chi connectivity index (χ3v) is 17.5. The lowest BCUT2D eigenvalue weighted by molar-refractivity contribution is -0.162. The molecule has 426 valence electrons. The Morgan fingerprint density at radius 2 is 0.908 bits per heavy atom. The Balaban J connectivity index is 0.772. The second kappa shape index (κ2) is 30.5. The van der Waals surface area contributed by atoms with E-state index in [1.807, 2.05) is 27.7 Å².